The highest BCUT2D eigenvalue weighted by atomic mass is 32.2. The van der Waals surface area contributed by atoms with Crippen LogP contribution in [0.15, 0.2) is 77.8 Å². The van der Waals surface area contributed by atoms with E-state index in [4.69, 9.17) is 0 Å². The van der Waals surface area contributed by atoms with Gasteiger partial charge in [-0.15, -0.1) is 0 Å². The molecule has 9 heteroatoms. The molecule has 172 valence electrons. The van der Waals surface area contributed by atoms with E-state index in [1.807, 2.05) is 23.1 Å². The van der Waals surface area contributed by atoms with Crippen LogP contribution in [0.25, 0.3) is 0 Å². The van der Waals surface area contributed by atoms with Gasteiger partial charge in [0.2, 0.25) is 10.0 Å². The number of piperazine rings is 1. The van der Waals surface area contributed by atoms with Crippen LogP contribution in [-0.2, 0) is 16.4 Å². The third kappa shape index (κ3) is 5.55. The molecule has 1 fully saturated rings. The molecule has 33 heavy (non-hydrogen) atoms. The van der Waals surface area contributed by atoms with E-state index in [1.54, 1.807) is 30.5 Å². The lowest BCUT2D eigenvalue weighted by Crippen LogP contribution is -2.48. The van der Waals surface area contributed by atoms with Crippen molar-refractivity contribution in [2.24, 2.45) is 0 Å². The number of anilines is 1. The van der Waals surface area contributed by atoms with Crippen molar-refractivity contribution in [3.63, 3.8) is 0 Å². The number of nitrogens with one attached hydrogen (secondary N) is 1. The molecule has 0 saturated carbocycles. The zero-order valence-electron chi connectivity index (χ0n) is 18.0. The summed E-state index contributed by atoms with van der Waals surface area (Å²) >= 11 is 0. The number of pyridine rings is 1. The number of hydrogen-bond donors (Lipinski definition) is 1. The van der Waals surface area contributed by atoms with Crippen LogP contribution < -0.4 is 10.2 Å². The van der Waals surface area contributed by atoms with E-state index >= 15 is 0 Å². The van der Waals surface area contributed by atoms with E-state index in [0.717, 1.165) is 11.4 Å². The molecule has 2 heterocycles. The fourth-order valence-electron chi connectivity index (χ4n) is 3.74. The first kappa shape index (κ1) is 22.9. The molecule has 0 aliphatic carbocycles. The summed E-state index contributed by atoms with van der Waals surface area (Å²) in [5.74, 6) is -0.635. The molecule has 0 radical (unpaired) electrons. The predicted molar refractivity (Wildman–Crippen MR) is 124 cm³/mol. The van der Waals surface area contributed by atoms with Crippen molar-refractivity contribution in [1.82, 2.24) is 14.6 Å². The zero-order chi connectivity index (χ0) is 23.3. The van der Waals surface area contributed by atoms with E-state index in [-0.39, 0.29) is 16.6 Å². The second kappa shape index (κ2) is 10.1. The van der Waals surface area contributed by atoms with Crippen molar-refractivity contribution in [2.75, 3.05) is 37.6 Å². The van der Waals surface area contributed by atoms with E-state index in [2.05, 4.69) is 10.3 Å². The number of hydrogen-bond acceptors (Lipinski definition) is 5. The lowest BCUT2D eigenvalue weighted by atomic mass is 10.2. The second-order valence-corrected chi connectivity index (χ2v) is 9.66. The van der Waals surface area contributed by atoms with Crippen LogP contribution in [0, 0.1) is 5.82 Å². The molecule has 1 amide bonds. The summed E-state index contributed by atoms with van der Waals surface area (Å²) in [6.07, 6.45) is 2.29. The minimum Gasteiger partial charge on any atom is -0.369 e. The smallest absolute Gasteiger partial charge is 0.251 e. The molecule has 1 N–H and O–H groups in total. The van der Waals surface area contributed by atoms with Crippen LogP contribution in [0.2, 0.25) is 0 Å². The summed E-state index contributed by atoms with van der Waals surface area (Å²) in [6.45, 7) is 2.01. The molecule has 1 saturated heterocycles. The van der Waals surface area contributed by atoms with Crippen LogP contribution in [0.1, 0.15) is 16.1 Å². The molecular weight excluding hydrogens is 443 g/mol. The summed E-state index contributed by atoms with van der Waals surface area (Å²) in [7, 11) is -3.74. The summed E-state index contributed by atoms with van der Waals surface area (Å²) in [5, 5.41) is 2.81. The number of carbonyl (C=O) groups excluding carboxylic acids is 1. The van der Waals surface area contributed by atoms with Gasteiger partial charge in [0, 0.05) is 62.3 Å². The summed E-state index contributed by atoms with van der Waals surface area (Å²) < 4.78 is 40.9. The highest BCUT2D eigenvalue weighted by molar-refractivity contribution is 7.89. The van der Waals surface area contributed by atoms with Gasteiger partial charge in [0.15, 0.2) is 0 Å². The van der Waals surface area contributed by atoms with Gasteiger partial charge in [0.05, 0.1) is 4.90 Å². The molecule has 7 nitrogen and oxygen atoms in total. The summed E-state index contributed by atoms with van der Waals surface area (Å²) in [6, 6.07) is 17.9. The van der Waals surface area contributed by atoms with Gasteiger partial charge in [-0.25, -0.2) is 12.8 Å². The molecule has 0 spiro atoms. The average molecular weight is 469 g/mol. The van der Waals surface area contributed by atoms with Gasteiger partial charge in [-0.2, -0.15) is 4.31 Å². The van der Waals surface area contributed by atoms with Crippen molar-refractivity contribution in [3.8, 4) is 0 Å². The SMILES string of the molecule is O=C(NCCc1ccccn1)c1cccc(S(=O)(=O)N2CCN(c3ccc(F)cc3)CC2)c1. The van der Waals surface area contributed by atoms with Crippen LogP contribution >= 0.6 is 0 Å². The molecular formula is C24H25FN4O3S. The molecule has 0 unspecified atom stereocenters. The Balaban J connectivity index is 1.37. The minimum absolute atomic E-state index is 0.0927. The number of rotatable bonds is 7. The van der Waals surface area contributed by atoms with Crippen LogP contribution in [-0.4, -0.2) is 56.3 Å². The van der Waals surface area contributed by atoms with Crippen LogP contribution in [0.5, 0.6) is 0 Å². The Bertz CT molecular complexity index is 1200. The Morgan fingerprint density at radius 3 is 2.42 bits per heavy atom. The van der Waals surface area contributed by atoms with E-state index < -0.39 is 10.0 Å². The molecule has 0 atom stereocenters. The largest absolute Gasteiger partial charge is 0.369 e. The van der Waals surface area contributed by atoms with Crippen LogP contribution in [0.4, 0.5) is 10.1 Å². The third-order valence-corrected chi connectivity index (χ3v) is 7.45. The fourth-order valence-corrected chi connectivity index (χ4v) is 5.21. The Kier molecular flexibility index (Phi) is 7.00. The first-order valence-electron chi connectivity index (χ1n) is 10.7. The lowest BCUT2D eigenvalue weighted by molar-refractivity contribution is 0.0954. The van der Waals surface area contributed by atoms with E-state index in [0.29, 0.717) is 44.7 Å². The Morgan fingerprint density at radius 1 is 0.970 bits per heavy atom. The molecule has 3 aromatic rings. The number of benzene rings is 2. The van der Waals surface area contributed by atoms with Gasteiger partial charge in [0.25, 0.3) is 5.91 Å². The van der Waals surface area contributed by atoms with Gasteiger partial charge in [-0.3, -0.25) is 9.78 Å². The molecule has 1 aliphatic rings. The molecule has 1 aliphatic heterocycles. The topological polar surface area (TPSA) is 82.6 Å². The monoisotopic (exact) mass is 468 g/mol. The third-order valence-electron chi connectivity index (χ3n) is 5.56. The standard InChI is InChI=1S/C24H25FN4O3S/c25-20-7-9-22(10-8-20)28-14-16-29(17-15-28)33(31,32)23-6-3-4-19(18-23)24(30)27-13-11-21-5-1-2-12-26-21/h1-10,12,18H,11,13-17H2,(H,27,30). The Morgan fingerprint density at radius 2 is 1.73 bits per heavy atom. The maximum atomic E-state index is 13.2. The Labute approximate surface area is 192 Å². The summed E-state index contributed by atoms with van der Waals surface area (Å²) in [4.78, 5) is 18.9. The highest BCUT2D eigenvalue weighted by Crippen LogP contribution is 2.22. The van der Waals surface area contributed by atoms with Gasteiger partial charge in [-0.1, -0.05) is 12.1 Å². The predicted octanol–water partition coefficient (Wildman–Crippen LogP) is 2.70. The number of sulfonamides is 1. The number of nitrogens with zero attached hydrogens (tertiary/aromatic N) is 3. The van der Waals surface area contributed by atoms with Gasteiger partial charge < -0.3 is 10.2 Å². The first-order chi connectivity index (χ1) is 15.9. The van der Waals surface area contributed by atoms with Crippen molar-refractivity contribution in [2.45, 2.75) is 11.3 Å². The molecule has 2 aromatic carbocycles. The average Bonchev–Trinajstić information content (AvgIpc) is 2.85. The van der Waals surface area contributed by atoms with Crippen molar-refractivity contribution in [3.05, 3.63) is 90.0 Å². The van der Waals surface area contributed by atoms with Gasteiger partial charge >= 0.3 is 0 Å². The van der Waals surface area contributed by atoms with Gasteiger partial charge in [0.1, 0.15) is 5.82 Å². The number of carbonyl (C=O) groups is 1. The van der Waals surface area contributed by atoms with Crippen molar-refractivity contribution < 1.29 is 17.6 Å². The highest BCUT2D eigenvalue weighted by Gasteiger charge is 2.29. The summed E-state index contributed by atoms with van der Waals surface area (Å²) in [5.41, 5.74) is 2.02. The lowest BCUT2D eigenvalue weighted by Gasteiger charge is -2.35. The number of amides is 1. The first-order valence-corrected chi connectivity index (χ1v) is 12.2. The molecule has 4 rings (SSSR count). The maximum absolute atomic E-state index is 13.2. The van der Waals surface area contributed by atoms with Crippen molar-refractivity contribution in [1.29, 1.82) is 0 Å². The normalized spacial score (nSPS) is 14.8. The minimum atomic E-state index is -3.74. The Hall–Kier alpha value is -3.30. The zero-order valence-corrected chi connectivity index (χ0v) is 18.8. The number of aromatic nitrogens is 1. The molecule has 1 aromatic heterocycles. The second-order valence-electron chi connectivity index (χ2n) is 7.72. The van der Waals surface area contributed by atoms with E-state index in [9.17, 15) is 17.6 Å². The fraction of sp³-hybridized carbons (Fsp3) is 0.250. The van der Waals surface area contributed by atoms with Gasteiger partial charge in [-0.05, 0) is 54.6 Å². The van der Waals surface area contributed by atoms with Crippen molar-refractivity contribution >= 4 is 21.6 Å². The van der Waals surface area contributed by atoms with E-state index in [1.165, 1.54) is 28.6 Å². The number of halogens is 1. The quantitative estimate of drug-likeness (QED) is 0.577. The maximum Gasteiger partial charge on any atom is 0.251 e. The molecule has 0 bridgehead atoms. The van der Waals surface area contributed by atoms with Crippen LogP contribution in [0.3, 0.4) is 0 Å².